The summed E-state index contributed by atoms with van der Waals surface area (Å²) in [6.45, 7) is 5.06. The van der Waals surface area contributed by atoms with Gasteiger partial charge in [-0.15, -0.1) is 0 Å². The smallest absolute Gasteiger partial charge is 0.217 e. The summed E-state index contributed by atoms with van der Waals surface area (Å²) in [4.78, 5) is 14.6. The van der Waals surface area contributed by atoms with Crippen LogP contribution in [-0.2, 0) is 4.79 Å². The van der Waals surface area contributed by atoms with E-state index < -0.39 is 0 Å². The number of aliphatic hydroxyl groups excluding tert-OH is 1. The van der Waals surface area contributed by atoms with E-state index in [0.717, 1.165) is 25.3 Å². The van der Waals surface area contributed by atoms with Crippen molar-refractivity contribution in [1.82, 2.24) is 4.90 Å². The molecule has 5 aliphatic rings. The van der Waals surface area contributed by atoms with E-state index in [1.54, 1.807) is 5.57 Å². The van der Waals surface area contributed by atoms with Gasteiger partial charge < -0.3 is 10.8 Å². The first-order valence-corrected chi connectivity index (χ1v) is 10.9. The maximum Gasteiger partial charge on any atom is 0.217 e. The normalized spacial score (nSPS) is 49.5. The molecule has 0 spiro atoms. The van der Waals surface area contributed by atoms with Crippen LogP contribution in [-0.4, -0.2) is 41.7 Å². The molecule has 4 bridgehead atoms. The molecule has 2 saturated carbocycles. The monoisotopic (exact) mass is 358 g/mol. The quantitative estimate of drug-likeness (QED) is 0.760. The second kappa shape index (κ2) is 5.81. The van der Waals surface area contributed by atoms with Crippen LogP contribution in [0.4, 0.5) is 0 Å². The topological polar surface area (TPSA) is 66.6 Å². The molecule has 4 fully saturated rings. The minimum Gasteiger partial charge on any atom is -0.396 e. The number of hydrogen-bond acceptors (Lipinski definition) is 3. The van der Waals surface area contributed by atoms with Gasteiger partial charge in [-0.25, -0.2) is 0 Å². The predicted octanol–water partition coefficient (Wildman–Crippen LogP) is 2.71. The Labute approximate surface area is 157 Å². The fourth-order valence-electron chi connectivity index (χ4n) is 8.52. The second-order valence-electron chi connectivity index (χ2n) is 10.0. The van der Waals surface area contributed by atoms with Gasteiger partial charge in [0.2, 0.25) is 5.91 Å². The van der Waals surface area contributed by atoms with Crippen LogP contribution in [0.1, 0.15) is 58.3 Å². The number of amides is 1. The Balaban J connectivity index is 1.73. The van der Waals surface area contributed by atoms with Gasteiger partial charge in [0.25, 0.3) is 0 Å². The Kier molecular flexibility index (Phi) is 3.85. The number of carbonyl (C=O) groups excluding carboxylic acids is 1. The summed E-state index contributed by atoms with van der Waals surface area (Å²) in [5, 5.41) is 10.9. The largest absolute Gasteiger partial charge is 0.396 e. The Morgan fingerprint density at radius 1 is 1.31 bits per heavy atom. The number of nitrogens with zero attached hydrogens (tertiary/aromatic N) is 1. The van der Waals surface area contributed by atoms with E-state index in [4.69, 9.17) is 5.73 Å². The van der Waals surface area contributed by atoms with E-state index >= 15 is 0 Å². The van der Waals surface area contributed by atoms with Gasteiger partial charge >= 0.3 is 0 Å². The second-order valence-corrected chi connectivity index (χ2v) is 10.0. The molecule has 2 saturated heterocycles. The number of allylic oxidation sites excluding steroid dienone is 1. The summed E-state index contributed by atoms with van der Waals surface area (Å²) < 4.78 is 0. The van der Waals surface area contributed by atoms with Crippen molar-refractivity contribution in [3.8, 4) is 0 Å². The molecule has 0 aromatic carbocycles. The first kappa shape index (κ1) is 17.2. The summed E-state index contributed by atoms with van der Waals surface area (Å²) in [7, 11) is 0. The molecule has 2 aliphatic heterocycles. The van der Waals surface area contributed by atoms with Crippen molar-refractivity contribution in [2.75, 3.05) is 19.7 Å². The highest BCUT2D eigenvalue weighted by Crippen LogP contribution is 2.72. The molecular formula is C22H34N2O2. The number of rotatable bonds is 4. The van der Waals surface area contributed by atoms with Gasteiger partial charge in [-0.05, 0) is 68.6 Å². The Hall–Kier alpha value is -0.870. The zero-order valence-electron chi connectivity index (χ0n) is 16.1. The van der Waals surface area contributed by atoms with Gasteiger partial charge in [0.1, 0.15) is 0 Å². The summed E-state index contributed by atoms with van der Waals surface area (Å²) in [5.41, 5.74) is 7.24. The van der Waals surface area contributed by atoms with E-state index in [-0.39, 0.29) is 23.3 Å². The van der Waals surface area contributed by atoms with Crippen molar-refractivity contribution in [3.05, 3.63) is 11.6 Å². The third-order valence-electron chi connectivity index (χ3n) is 9.35. The number of aliphatic hydroxyl groups is 1. The number of carbonyl (C=O) groups is 1. The van der Waals surface area contributed by atoms with Crippen molar-refractivity contribution in [3.63, 3.8) is 0 Å². The molecule has 7 unspecified atom stereocenters. The van der Waals surface area contributed by atoms with Gasteiger partial charge in [0.15, 0.2) is 0 Å². The van der Waals surface area contributed by atoms with E-state index in [0.29, 0.717) is 30.2 Å². The summed E-state index contributed by atoms with van der Waals surface area (Å²) in [6, 6.07) is 0.513. The number of primary amides is 1. The number of piperidine rings is 1. The lowest BCUT2D eigenvalue weighted by molar-refractivity contribution is -0.174. The zero-order chi connectivity index (χ0) is 18.1. The molecule has 3 N–H and O–H groups in total. The zero-order valence-corrected chi connectivity index (χ0v) is 16.1. The van der Waals surface area contributed by atoms with Gasteiger partial charge in [-0.3, -0.25) is 9.69 Å². The van der Waals surface area contributed by atoms with Crippen molar-refractivity contribution in [2.45, 2.75) is 64.3 Å². The van der Waals surface area contributed by atoms with E-state index in [9.17, 15) is 9.90 Å². The third-order valence-corrected chi connectivity index (χ3v) is 9.35. The van der Waals surface area contributed by atoms with Crippen LogP contribution < -0.4 is 5.73 Å². The molecular weight excluding hydrogens is 324 g/mol. The van der Waals surface area contributed by atoms with E-state index in [1.165, 1.54) is 38.6 Å². The molecule has 2 heterocycles. The average molecular weight is 359 g/mol. The molecule has 26 heavy (non-hydrogen) atoms. The number of hydrogen-bond donors (Lipinski definition) is 2. The molecule has 0 aromatic heterocycles. The summed E-state index contributed by atoms with van der Waals surface area (Å²) in [5.74, 6) is 2.50. The van der Waals surface area contributed by atoms with Crippen LogP contribution in [0.15, 0.2) is 11.6 Å². The van der Waals surface area contributed by atoms with Crippen LogP contribution in [0.3, 0.4) is 0 Å². The highest BCUT2D eigenvalue weighted by Gasteiger charge is 2.71. The maximum atomic E-state index is 11.9. The van der Waals surface area contributed by atoms with Crippen molar-refractivity contribution in [2.24, 2.45) is 40.2 Å². The molecule has 7 atom stereocenters. The molecule has 4 nitrogen and oxygen atoms in total. The molecule has 144 valence electrons. The first-order valence-electron chi connectivity index (χ1n) is 10.9. The van der Waals surface area contributed by atoms with Crippen LogP contribution >= 0.6 is 0 Å². The highest BCUT2D eigenvalue weighted by atomic mass is 16.3. The van der Waals surface area contributed by atoms with Gasteiger partial charge in [0.05, 0.1) is 0 Å². The molecule has 4 heteroatoms. The molecule has 0 radical (unpaired) electrons. The lowest BCUT2D eigenvalue weighted by Crippen LogP contribution is -2.69. The van der Waals surface area contributed by atoms with Crippen molar-refractivity contribution >= 4 is 5.91 Å². The van der Waals surface area contributed by atoms with Crippen molar-refractivity contribution in [1.29, 1.82) is 0 Å². The maximum absolute atomic E-state index is 11.9. The van der Waals surface area contributed by atoms with E-state index in [1.807, 2.05) is 0 Å². The lowest BCUT2D eigenvalue weighted by Gasteiger charge is -2.67. The minimum absolute atomic E-state index is 0.0228. The lowest BCUT2D eigenvalue weighted by atomic mass is 9.42. The highest BCUT2D eigenvalue weighted by molar-refractivity contribution is 5.73. The minimum atomic E-state index is -0.178. The Morgan fingerprint density at radius 3 is 2.92 bits per heavy atom. The number of fused-ring (bicyclic) bond motifs is 1. The first-order chi connectivity index (χ1) is 12.5. The van der Waals surface area contributed by atoms with E-state index in [2.05, 4.69) is 17.9 Å². The Morgan fingerprint density at radius 2 is 2.15 bits per heavy atom. The van der Waals surface area contributed by atoms with Crippen LogP contribution in [0, 0.1) is 34.5 Å². The summed E-state index contributed by atoms with van der Waals surface area (Å²) in [6.07, 6.45) is 11.2. The van der Waals surface area contributed by atoms with Crippen LogP contribution in [0.25, 0.3) is 0 Å². The van der Waals surface area contributed by atoms with Gasteiger partial charge in [-0.1, -0.05) is 18.6 Å². The molecule has 0 aromatic rings. The fraction of sp³-hybridized carbons (Fsp3) is 0.864. The van der Waals surface area contributed by atoms with Gasteiger partial charge in [0, 0.05) is 43.0 Å². The summed E-state index contributed by atoms with van der Waals surface area (Å²) >= 11 is 0. The van der Waals surface area contributed by atoms with Gasteiger partial charge in [-0.2, -0.15) is 0 Å². The molecule has 3 aliphatic carbocycles. The van der Waals surface area contributed by atoms with Crippen LogP contribution in [0.5, 0.6) is 0 Å². The van der Waals surface area contributed by atoms with Crippen molar-refractivity contribution < 1.29 is 9.90 Å². The third kappa shape index (κ3) is 1.95. The van der Waals surface area contributed by atoms with Crippen LogP contribution in [0.2, 0.25) is 0 Å². The Bertz CT molecular complexity index is 646. The standard InChI is InChI=1S/C22H34N2O2/c1-14-11-24-12-16-6-5-15-3-2-4-18(15)22(10-8-19(23)26)20(24)17(14)7-9-21(16,22)13-25/h4,14-17,20,25H,2-3,5-13H2,1H3,(H2,23,26). The molecule has 1 amide bonds. The average Bonchev–Trinajstić information content (AvgIpc) is 3.20. The number of nitrogens with two attached hydrogens (primary N) is 1. The molecule has 5 rings (SSSR count). The predicted molar refractivity (Wildman–Crippen MR) is 101 cm³/mol. The SMILES string of the molecule is CC1CN2CC3CCC4CCC=C4C4(CCC(N)=O)C2C1CCC34CO. The fourth-order valence-corrected chi connectivity index (χ4v) is 8.52.